The van der Waals surface area contributed by atoms with Crippen LogP contribution in [0.5, 0.6) is 0 Å². The summed E-state index contributed by atoms with van der Waals surface area (Å²) in [6.07, 6.45) is 2.53. The summed E-state index contributed by atoms with van der Waals surface area (Å²) in [5, 5.41) is 2.94. The van der Waals surface area contributed by atoms with E-state index in [1.165, 1.54) is 0 Å². The van der Waals surface area contributed by atoms with E-state index in [0.717, 1.165) is 19.4 Å². The molecule has 0 aromatic rings. The largest absolute Gasteiger partial charge is 0.384 e. The summed E-state index contributed by atoms with van der Waals surface area (Å²) in [6.45, 7) is 1.24. The summed E-state index contributed by atoms with van der Waals surface area (Å²) >= 11 is 0. The van der Waals surface area contributed by atoms with Crippen LogP contribution in [0.25, 0.3) is 0 Å². The van der Waals surface area contributed by atoms with Crippen molar-refractivity contribution in [3.63, 3.8) is 0 Å². The summed E-state index contributed by atoms with van der Waals surface area (Å²) < 4.78 is 4.81. The van der Waals surface area contributed by atoms with Crippen molar-refractivity contribution in [1.29, 1.82) is 0 Å². The third-order valence-corrected chi connectivity index (χ3v) is 2.47. The Morgan fingerprint density at radius 2 is 2.31 bits per heavy atom. The summed E-state index contributed by atoms with van der Waals surface area (Å²) in [5.41, 5.74) is 5.47. The molecule has 0 bridgehead atoms. The molecule has 0 heterocycles. The third-order valence-electron chi connectivity index (χ3n) is 2.47. The summed E-state index contributed by atoms with van der Waals surface area (Å²) in [4.78, 5) is 11.2. The molecule has 76 valence electrons. The van der Waals surface area contributed by atoms with E-state index in [1.54, 1.807) is 7.11 Å². The highest BCUT2D eigenvalue weighted by atomic mass is 16.5. The molecule has 1 saturated carbocycles. The second-order valence-corrected chi connectivity index (χ2v) is 3.58. The first kappa shape index (κ1) is 10.5. The van der Waals surface area contributed by atoms with Gasteiger partial charge >= 0.3 is 0 Å². The van der Waals surface area contributed by atoms with E-state index >= 15 is 0 Å². The molecule has 1 aliphatic carbocycles. The maximum atomic E-state index is 11.2. The van der Waals surface area contributed by atoms with E-state index in [-0.39, 0.29) is 5.91 Å². The Labute approximate surface area is 78.8 Å². The van der Waals surface area contributed by atoms with E-state index in [1.807, 2.05) is 0 Å². The minimum Gasteiger partial charge on any atom is -0.384 e. The van der Waals surface area contributed by atoms with Crippen molar-refractivity contribution in [2.75, 3.05) is 20.3 Å². The molecule has 0 saturated heterocycles. The number of nitrogens with two attached hydrogens (primary N) is 1. The minimum absolute atomic E-state index is 0.0855. The second kappa shape index (κ2) is 5.19. The molecule has 0 unspecified atom stereocenters. The number of methoxy groups -OCH3 is 1. The topological polar surface area (TPSA) is 64.3 Å². The standard InChI is InChI=1S/C9H18N2O2/c1-13-3-2-9(12)11-8-4-7(5-8)6-10/h7-8H,2-6,10H2,1H3,(H,11,12). The lowest BCUT2D eigenvalue weighted by atomic mass is 9.80. The van der Waals surface area contributed by atoms with Gasteiger partial charge in [0.05, 0.1) is 6.61 Å². The van der Waals surface area contributed by atoms with Crippen molar-refractivity contribution in [3.05, 3.63) is 0 Å². The van der Waals surface area contributed by atoms with Crippen molar-refractivity contribution in [2.24, 2.45) is 11.7 Å². The molecule has 4 heteroatoms. The highest BCUT2D eigenvalue weighted by Crippen LogP contribution is 2.25. The van der Waals surface area contributed by atoms with Crippen molar-refractivity contribution in [1.82, 2.24) is 5.32 Å². The van der Waals surface area contributed by atoms with E-state index in [4.69, 9.17) is 10.5 Å². The molecular formula is C9H18N2O2. The molecule has 1 fully saturated rings. The van der Waals surface area contributed by atoms with Gasteiger partial charge in [0.1, 0.15) is 0 Å². The molecule has 0 aliphatic heterocycles. The zero-order chi connectivity index (χ0) is 9.68. The Morgan fingerprint density at radius 1 is 1.62 bits per heavy atom. The van der Waals surface area contributed by atoms with Gasteiger partial charge in [0.25, 0.3) is 0 Å². The maximum absolute atomic E-state index is 11.2. The van der Waals surface area contributed by atoms with Crippen LogP contribution in [0.15, 0.2) is 0 Å². The number of hydrogen-bond acceptors (Lipinski definition) is 3. The fourth-order valence-corrected chi connectivity index (χ4v) is 1.54. The van der Waals surface area contributed by atoms with Gasteiger partial charge < -0.3 is 15.8 Å². The molecule has 0 radical (unpaired) electrons. The normalized spacial score (nSPS) is 26.6. The van der Waals surface area contributed by atoms with Crippen LogP contribution < -0.4 is 11.1 Å². The quantitative estimate of drug-likeness (QED) is 0.629. The Morgan fingerprint density at radius 3 is 2.85 bits per heavy atom. The zero-order valence-corrected chi connectivity index (χ0v) is 8.08. The van der Waals surface area contributed by atoms with Crippen molar-refractivity contribution >= 4 is 5.91 Å². The van der Waals surface area contributed by atoms with Gasteiger partial charge in [0, 0.05) is 19.6 Å². The van der Waals surface area contributed by atoms with Crippen LogP contribution in [0, 0.1) is 5.92 Å². The molecular weight excluding hydrogens is 168 g/mol. The predicted molar refractivity (Wildman–Crippen MR) is 50.2 cm³/mol. The molecule has 1 rings (SSSR count). The Bertz CT molecular complexity index is 167. The molecule has 13 heavy (non-hydrogen) atoms. The van der Waals surface area contributed by atoms with Crippen LogP contribution in [-0.2, 0) is 9.53 Å². The van der Waals surface area contributed by atoms with E-state index in [2.05, 4.69) is 5.32 Å². The fraction of sp³-hybridized carbons (Fsp3) is 0.889. The molecule has 1 aliphatic rings. The maximum Gasteiger partial charge on any atom is 0.222 e. The van der Waals surface area contributed by atoms with Crippen molar-refractivity contribution < 1.29 is 9.53 Å². The summed E-state index contributed by atoms with van der Waals surface area (Å²) in [5.74, 6) is 0.704. The number of hydrogen-bond donors (Lipinski definition) is 2. The van der Waals surface area contributed by atoms with Crippen LogP contribution in [-0.4, -0.2) is 32.2 Å². The monoisotopic (exact) mass is 186 g/mol. The molecule has 0 atom stereocenters. The number of carbonyl (C=O) groups excluding carboxylic acids is 1. The second-order valence-electron chi connectivity index (χ2n) is 3.58. The number of carbonyl (C=O) groups is 1. The first-order valence-corrected chi connectivity index (χ1v) is 4.74. The molecule has 0 aromatic carbocycles. The summed E-state index contributed by atoms with van der Waals surface area (Å²) in [6, 6.07) is 0.359. The van der Waals surface area contributed by atoms with Gasteiger partial charge in [-0.05, 0) is 25.3 Å². The lowest BCUT2D eigenvalue weighted by molar-refractivity contribution is -0.123. The molecule has 4 nitrogen and oxygen atoms in total. The van der Waals surface area contributed by atoms with Crippen LogP contribution in [0.1, 0.15) is 19.3 Å². The number of nitrogens with one attached hydrogen (secondary N) is 1. The highest BCUT2D eigenvalue weighted by molar-refractivity contribution is 5.76. The summed E-state index contributed by atoms with van der Waals surface area (Å²) in [7, 11) is 1.60. The fourth-order valence-electron chi connectivity index (χ4n) is 1.54. The average molecular weight is 186 g/mol. The van der Waals surface area contributed by atoms with Crippen molar-refractivity contribution in [3.8, 4) is 0 Å². The van der Waals surface area contributed by atoms with Gasteiger partial charge in [0.15, 0.2) is 0 Å². The van der Waals surface area contributed by atoms with Crippen LogP contribution >= 0.6 is 0 Å². The van der Waals surface area contributed by atoms with Gasteiger partial charge in [-0.3, -0.25) is 4.79 Å². The predicted octanol–water partition coefficient (Wildman–Crippen LogP) is -0.124. The molecule has 3 N–H and O–H groups in total. The van der Waals surface area contributed by atoms with E-state index in [0.29, 0.717) is 25.0 Å². The van der Waals surface area contributed by atoms with E-state index < -0.39 is 0 Å². The Hall–Kier alpha value is -0.610. The van der Waals surface area contributed by atoms with Crippen LogP contribution in [0.3, 0.4) is 0 Å². The molecule has 0 aromatic heterocycles. The van der Waals surface area contributed by atoms with Gasteiger partial charge in [-0.25, -0.2) is 0 Å². The lowest BCUT2D eigenvalue weighted by Crippen LogP contribution is -2.46. The van der Waals surface area contributed by atoms with Gasteiger partial charge in [-0.2, -0.15) is 0 Å². The van der Waals surface area contributed by atoms with Gasteiger partial charge in [-0.15, -0.1) is 0 Å². The number of rotatable bonds is 5. The number of amides is 1. The SMILES string of the molecule is COCCC(=O)NC1CC(CN)C1. The zero-order valence-electron chi connectivity index (χ0n) is 8.08. The van der Waals surface area contributed by atoms with Crippen LogP contribution in [0.4, 0.5) is 0 Å². The van der Waals surface area contributed by atoms with Gasteiger partial charge in [0.2, 0.25) is 5.91 Å². The number of ether oxygens (including phenoxy) is 1. The van der Waals surface area contributed by atoms with E-state index in [9.17, 15) is 4.79 Å². The molecule has 0 spiro atoms. The van der Waals surface area contributed by atoms with Crippen LogP contribution in [0.2, 0.25) is 0 Å². The Balaban J connectivity index is 2.03. The first-order chi connectivity index (χ1) is 6.26. The minimum atomic E-state index is 0.0855. The van der Waals surface area contributed by atoms with Gasteiger partial charge in [-0.1, -0.05) is 0 Å². The highest BCUT2D eigenvalue weighted by Gasteiger charge is 2.28. The van der Waals surface area contributed by atoms with Crippen molar-refractivity contribution in [2.45, 2.75) is 25.3 Å². The third kappa shape index (κ3) is 3.32. The molecule has 1 amide bonds. The Kier molecular flexibility index (Phi) is 4.18. The first-order valence-electron chi connectivity index (χ1n) is 4.74. The average Bonchev–Trinajstić information content (AvgIpc) is 2.07. The lowest BCUT2D eigenvalue weighted by Gasteiger charge is -2.34. The smallest absolute Gasteiger partial charge is 0.222 e.